The minimum atomic E-state index is -0.820. The first-order chi connectivity index (χ1) is 11.1. The van der Waals surface area contributed by atoms with Crippen LogP contribution in [-0.4, -0.2) is 24.6 Å². The van der Waals surface area contributed by atoms with Crippen LogP contribution in [0.5, 0.6) is 0 Å². The van der Waals surface area contributed by atoms with Crippen LogP contribution in [0.1, 0.15) is 11.7 Å². The van der Waals surface area contributed by atoms with E-state index in [-0.39, 0.29) is 6.10 Å². The van der Waals surface area contributed by atoms with E-state index in [4.69, 9.17) is 4.74 Å². The van der Waals surface area contributed by atoms with Crippen LogP contribution >= 0.6 is 15.9 Å². The SMILES string of the molecule is O=[N+]([O-])c1c(F)cccc1N1CCOC(c2ccc(Br)cc2)C1. The van der Waals surface area contributed by atoms with E-state index in [9.17, 15) is 14.5 Å². The van der Waals surface area contributed by atoms with E-state index in [0.717, 1.165) is 16.1 Å². The number of halogens is 2. The molecular formula is C16H14BrFN2O3. The summed E-state index contributed by atoms with van der Waals surface area (Å²) in [5.74, 6) is -0.820. The fourth-order valence-electron chi connectivity index (χ4n) is 2.69. The van der Waals surface area contributed by atoms with Crippen LogP contribution in [0.15, 0.2) is 46.9 Å². The Balaban J connectivity index is 1.88. The van der Waals surface area contributed by atoms with Crippen LogP contribution in [0.3, 0.4) is 0 Å². The minimum absolute atomic E-state index is 0.209. The molecule has 2 aromatic carbocycles. The minimum Gasteiger partial charge on any atom is -0.370 e. The van der Waals surface area contributed by atoms with Gasteiger partial charge in [-0.15, -0.1) is 0 Å². The maximum Gasteiger partial charge on any atom is 0.327 e. The molecule has 1 fully saturated rings. The third-order valence-corrected chi connectivity index (χ3v) is 4.33. The summed E-state index contributed by atoms with van der Waals surface area (Å²) in [7, 11) is 0. The van der Waals surface area contributed by atoms with Crippen LogP contribution in [0, 0.1) is 15.9 Å². The summed E-state index contributed by atoms with van der Waals surface area (Å²) in [5.41, 5.74) is 0.793. The summed E-state index contributed by atoms with van der Waals surface area (Å²) in [6.45, 7) is 1.34. The molecule has 1 aliphatic heterocycles. The van der Waals surface area contributed by atoms with Crippen molar-refractivity contribution in [1.82, 2.24) is 0 Å². The topological polar surface area (TPSA) is 55.6 Å². The number of benzene rings is 2. The molecule has 0 saturated carbocycles. The first-order valence-electron chi connectivity index (χ1n) is 7.11. The van der Waals surface area contributed by atoms with E-state index in [1.165, 1.54) is 6.07 Å². The maximum absolute atomic E-state index is 13.8. The van der Waals surface area contributed by atoms with Gasteiger partial charge in [0, 0.05) is 17.6 Å². The second kappa shape index (κ2) is 6.64. The van der Waals surface area contributed by atoms with Gasteiger partial charge in [0.25, 0.3) is 0 Å². The molecule has 0 N–H and O–H groups in total. The van der Waals surface area contributed by atoms with Crippen molar-refractivity contribution in [1.29, 1.82) is 0 Å². The largest absolute Gasteiger partial charge is 0.370 e. The van der Waals surface area contributed by atoms with Gasteiger partial charge in [-0.3, -0.25) is 10.1 Å². The Labute approximate surface area is 141 Å². The van der Waals surface area contributed by atoms with Gasteiger partial charge in [0.05, 0.1) is 11.5 Å². The molecule has 5 nitrogen and oxygen atoms in total. The summed E-state index contributed by atoms with van der Waals surface area (Å²) in [6, 6.07) is 11.9. The van der Waals surface area contributed by atoms with Crippen LogP contribution in [0.25, 0.3) is 0 Å². The molecule has 2 aromatic rings. The van der Waals surface area contributed by atoms with Gasteiger partial charge < -0.3 is 9.64 Å². The van der Waals surface area contributed by atoms with Crippen molar-refractivity contribution >= 4 is 27.3 Å². The van der Waals surface area contributed by atoms with Crippen molar-refractivity contribution in [3.8, 4) is 0 Å². The van der Waals surface area contributed by atoms with E-state index in [1.807, 2.05) is 24.3 Å². The van der Waals surface area contributed by atoms with Crippen molar-refractivity contribution in [2.45, 2.75) is 6.10 Å². The maximum atomic E-state index is 13.8. The summed E-state index contributed by atoms with van der Waals surface area (Å²) in [6.07, 6.45) is -0.209. The Morgan fingerprint density at radius 2 is 2.00 bits per heavy atom. The van der Waals surface area contributed by atoms with Gasteiger partial charge in [0.1, 0.15) is 11.8 Å². The molecule has 23 heavy (non-hydrogen) atoms. The summed E-state index contributed by atoms with van der Waals surface area (Å²) < 4.78 is 20.5. The number of hydrogen-bond acceptors (Lipinski definition) is 4. The second-order valence-corrected chi connectivity index (χ2v) is 6.14. The first-order valence-corrected chi connectivity index (χ1v) is 7.90. The summed E-state index contributed by atoms with van der Waals surface area (Å²) >= 11 is 3.38. The molecule has 7 heteroatoms. The third-order valence-electron chi connectivity index (χ3n) is 3.80. The quantitative estimate of drug-likeness (QED) is 0.594. The number of para-hydroxylation sites is 1. The highest BCUT2D eigenvalue weighted by atomic mass is 79.9. The number of nitro groups is 1. The zero-order chi connectivity index (χ0) is 16.4. The molecule has 0 amide bonds. The van der Waals surface area contributed by atoms with Crippen molar-refractivity contribution in [3.05, 3.63) is 68.4 Å². The molecule has 0 aromatic heterocycles. The lowest BCUT2D eigenvalue weighted by atomic mass is 10.1. The molecule has 1 unspecified atom stereocenters. The Morgan fingerprint density at radius 3 is 2.70 bits per heavy atom. The van der Waals surface area contributed by atoms with Gasteiger partial charge in [-0.05, 0) is 29.8 Å². The van der Waals surface area contributed by atoms with Gasteiger partial charge in [-0.1, -0.05) is 34.1 Å². The zero-order valence-corrected chi connectivity index (χ0v) is 13.7. The predicted octanol–water partition coefficient (Wildman–Crippen LogP) is 4.07. The number of anilines is 1. The average Bonchev–Trinajstić information content (AvgIpc) is 2.55. The summed E-state index contributed by atoms with van der Waals surface area (Å²) in [4.78, 5) is 12.3. The molecule has 0 radical (unpaired) electrons. The molecule has 3 rings (SSSR count). The predicted molar refractivity (Wildman–Crippen MR) is 88.1 cm³/mol. The molecule has 1 heterocycles. The Kier molecular flexibility index (Phi) is 4.58. The van der Waals surface area contributed by atoms with E-state index in [1.54, 1.807) is 11.0 Å². The molecule has 1 saturated heterocycles. The first kappa shape index (κ1) is 15.9. The van der Waals surface area contributed by atoms with Gasteiger partial charge in [0.2, 0.25) is 5.82 Å². The lowest BCUT2D eigenvalue weighted by Crippen LogP contribution is -2.38. The van der Waals surface area contributed by atoms with E-state index in [2.05, 4.69) is 15.9 Å². The smallest absolute Gasteiger partial charge is 0.327 e. The highest BCUT2D eigenvalue weighted by Crippen LogP contribution is 2.34. The van der Waals surface area contributed by atoms with Crippen molar-refractivity contribution in [2.24, 2.45) is 0 Å². The highest BCUT2D eigenvalue weighted by Gasteiger charge is 2.29. The summed E-state index contributed by atoms with van der Waals surface area (Å²) in [5, 5.41) is 11.2. The fraction of sp³-hybridized carbons (Fsp3) is 0.250. The number of nitrogens with zero attached hydrogens (tertiary/aromatic N) is 2. The molecule has 0 aliphatic carbocycles. The van der Waals surface area contributed by atoms with E-state index < -0.39 is 16.4 Å². The Morgan fingerprint density at radius 1 is 1.26 bits per heavy atom. The van der Waals surface area contributed by atoms with Crippen molar-refractivity contribution < 1.29 is 14.1 Å². The zero-order valence-electron chi connectivity index (χ0n) is 12.1. The molecule has 1 atom stereocenters. The normalized spacial score (nSPS) is 18.0. The molecular weight excluding hydrogens is 367 g/mol. The van der Waals surface area contributed by atoms with Gasteiger partial charge in [0.15, 0.2) is 0 Å². The fourth-order valence-corrected chi connectivity index (χ4v) is 2.95. The van der Waals surface area contributed by atoms with Gasteiger partial charge in [-0.2, -0.15) is 4.39 Å². The molecule has 120 valence electrons. The number of rotatable bonds is 3. The standard InChI is InChI=1S/C16H14BrFN2O3/c17-12-6-4-11(5-7-12)15-10-19(8-9-23-15)14-3-1-2-13(18)16(14)20(21)22/h1-7,15H,8-10H2. The van der Waals surface area contributed by atoms with Crippen molar-refractivity contribution in [3.63, 3.8) is 0 Å². The lowest BCUT2D eigenvalue weighted by molar-refractivity contribution is -0.386. The number of nitro benzene ring substituents is 1. The lowest BCUT2D eigenvalue weighted by Gasteiger charge is -2.34. The number of ether oxygens (including phenoxy) is 1. The molecule has 0 bridgehead atoms. The van der Waals surface area contributed by atoms with Crippen LogP contribution < -0.4 is 4.90 Å². The molecule has 0 spiro atoms. The Hall–Kier alpha value is -1.99. The van der Waals surface area contributed by atoms with E-state index >= 15 is 0 Å². The molecule has 1 aliphatic rings. The average molecular weight is 381 g/mol. The van der Waals surface area contributed by atoms with Gasteiger partial charge >= 0.3 is 5.69 Å². The highest BCUT2D eigenvalue weighted by molar-refractivity contribution is 9.10. The van der Waals surface area contributed by atoms with Crippen LogP contribution in [0.2, 0.25) is 0 Å². The van der Waals surface area contributed by atoms with Crippen molar-refractivity contribution in [2.75, 3.05) is 24.6 Å². The second-order valence-electron chi connectivity index (χ2n) is 5.22. The number of hydrogen-bond donors (Lipinski definition) is 0. The third kappa shape index (κ3) is 3.35. The number of morpholine rings is 1. The van der Waals surface area contributed by atoms with Crippen LogP contribution in [-0.2, 0) is 4.74 Å². The van der Waals surface area contributed by atoms with Gasteiger partial charge in [-0.25, -0.2) is 0 Å². The van der Waals surface area contributed by atoms with E-state index in [0.29, 0.717) is 25.4 Å². The Bertz CT molecular complexity index is 724. The van der Waals surface area contributed by atoms with Crippen LogP contribution in [0.4, 0.5) is 15.8 Å². The monoisotopic (exact) mass is 380 g/mol.